The fourth-order valence-electron chi connectivity index (χ4n) is 3.83. The fraction of sp³-hybridized carbons (Fsp3) is 0.450. The Balaban J connectivity index is 1.68. The van der Waals surface area contributed by atoms with Gasteiger partial charge in [-0.1, -0.05) is 30.3 Å². The lowest BCUT2D eigenvalue weighted by Crippen LogP contribution is -2.39. The summed E-state index contributed by atoms with van der Waals surface area (Å²) in [6.07, 6.45) is -3.28. The maximum Gasteiger partial charge on any atom is 0.397 e. The van der Waals surface area contributed by atoms with E-state index in [9.17, 15) is 18.1 Å². The van der Waals surface area contributed by atoms with Crippen LogP contribution in [-0.4, -0.2) is 82.7 Å². The Bertz CT molecular complexity index is 1240. The highest BCUT2D eigenvalue weighted by Crippen LogP contribution is 2.38. The Hall–Kier alpha value is -2.76. The number of anilines is 1. The number of benzene rings is 1. The molecule has 3 aromatic rings. The highest BCUT2D eigenvalue weighted by molar-refractivity contribution is 7.80. The van der Waals surface area contributed by atoms with Crippen molar-refractivity contribution >= 4 is 27.4 Å². The molecular formula is C20H27N7O7S. The number of aliphatic hydroxyl groups is 1. The van der Waals surface area contributed by atoms with Crippen molar-refractivity contribution in [1.29, 1.82) is 0 Å². The van der Waals surface area contributed by atoms with Crippen LogP contribution in [0.15, 0.2) is 36.7 Å². The molecule has 1 aliphatic rings. The molecule has 4 atom stereocenters. The highest BCUT2D eigenvalue weighted by atomic mass is 32.3. The van der Waals surface area contributed by atoms with Crippen LogP contribution in [0.2, 0.25) is 0 Å². The second-order valence-corrected chi connectivity index (χ2v) is 8.86. The number of nitrogens with two attached hydrogens (primary N) is 1. The summed E-state index contributed by atoms with van der Waals surface area (Å²) in [7, 11) is -3.09. The van der Waals surface area contributed by atoms with Gasteiger partial charge in [-0.25, -0.2) is 24.6 Å². The molecule has 4 rings (SSSR count). The van der Waals surface area contributed by atoms with Gasteiger partial charge in [0.25, 0.3) is 0 Å². The molecule has 0 saturated carbocycles. The van der Waals surface area contributed by atoms with Crippen LogP contribution in [0.1, 0.15) is 12.6 Å². The predicted octanol–water partition coefficient (Wildman–Crippen LogP) is -0.347. The van der Waals surface area contributed by atoms with Crippen LogP contribution in [0.25, 0.3) is 22.6 Å². The van der Waals surface area contributed by atoms with Crippen LogP contribution in [0.3, 0.4) is 0 Å². The molecule has 0 spiro atoms. The molecule has 0 aliphatic carbocycles. The van der Waals surface area contributed by atoms with Gasteiger partial charge in [0.05, 0.1) is 6.61 Å². The number of imidazole rings is 1. The summed E-state index contributed by atoms with van der Waals surface area (Å²) in [5.41, 5.74) is 9.95. The summed E-state index contributed by atoms with van der Waals surface area (Å²) in [6.45, 7) is 1.11. The number of rotatable bonds is 11. The minimum atomic E-state index is -4.91. The van der Waals surface area contributed by atoms with Gasteiger partial charge in [0.15, 0.2) is 23.2 Å². The number of nitrogens with one attached hydrogen (secondary N) is 2. The summed E-state index contributed by atoms with van der Waals surface area (Å²) in [5.74, 6) is 0.476. The van der Waals surface area contributed by atoms with Crippen LogP contribution in [0.4, 0.5) is 5.82 Å². The number of fused-ring (bicyclic) bond motifs is 1. The van der Waals surface area contributed by atoms with E-state index in [2.05, 4.69) is 25.7 Å². The molecule has 0 radical (unpaired) electrons. The maximum absolute atomic E-state index is 11.5. The van der Waals surface area contributed by atoms with Crippen molar-refractivity contribution in [3.05, 3.63) is 36.7 Å². The van der Waals surface area contributed by atoms with E-state index in [1.165, 1.54) is 10.9 Å². The van der Waals surface area contributed by atoms with E-state index in [-0.39, 0.29) is 23.6 Å². The van der Waals surface area contributed by atoms with Crippen LogP contribution < -0.4 is 16.5 Å². The lowest BCUT2D eigenvalue weighted by molar-refractivity contribution is -0.0836. The number of hydroxylamine groups is 1. The molecule has 0 bridgehead atoms. The number of aliphatic hydroxyl groups excluding tert-OH is 1. The predicted molar refractivity (Wildman–Crippen MR) is 124 cm³/mol. The average Bonchev–Trinajstić information content (AvgIpc) is 3.35. The van der Waals surface area contributed by atoms with Gasteiger partial charge in [-0.2, -0.15) is 8.42 Å². The highest BCUT2D eigenvalue weighted by Gasteiger charge is 2.49. The number of aromatic nitrogens is 4. The first-order valence-corrected chi connectivity index (χ1v) is 12.2. The quantitative estimate of drug-likeness (QED) is 0.128. The minimum absolute atomic E-state index is 0.120. The fourth-order valence-corrected chi connectivity index (χ4v) is 4.35. The molecule has 0 unspecified atom stereocenters. The summed E-state index contributed by atoms with van der Waals surface area (Å²) in [5, 5.41) is 14.1. The summed E-state index contributed by atoms with van der Waals surface area (Å²) in [6, 6.07) is 9.04. The van der Waals surface area contributed by atoms with Gasteiger partial charge in [0, 0.05) is 12.1 Å². The normalized spacial score (nSPS) is 22.7. The molecule has 15 heteroatoms. The average molecular weight is 510 g/mol. The first-order valence-electron chi connectivity index (χ1n) is 10.8. The third-order valence-corrected chi connectivity index (χ3v) is 5.85. The van der Waals surface area contributed by atoms with Crippen molar-refractivity contribution < 1.29 is 31.8 Å². The van der Waals surface area contributed by atoms with Gasteiger partial charge < -0.3 is 20.9 Å². The van der Waals surface area contributed by atoms with Crippen LogP contribution >= 0.6 is 0 Å². The molecule has 190 valence electrons. The molecule has 0 amide bonds. The first-order chi connectivity index (χ1) is 16.8. The standard InChI is InChI=1S/C20H27N7O7S/c1-22-8-5-9-25-32-10-13-16(34-35(29,30)31)15(28)20(33-13)27-18(12-6-3-2-4-7-12)26-14-17(21)23-11-24-19(14)27/h2-4,6-7,11,13,15-16,20,22,25,28H,5,8-10H2,1H3,(H2,21,23,24)(H,29,30,31)/t13-,15-,16-,20-/m1/s1. The van der Waals surface area contributed by atoms with Crippen molar-refractivity contribution in [2.75, 3.05) is 32.5 Å². The van der Waals surface area contributed by atoms with Gasteiger partial charge >= 0.3 is 10.4 Å². The minimum Gasteiger partial charge on any atom is -0.385 e. The molecule has 1 saturated heterocycles. The van der Waals surface area contributed by atoms with Crippen molar-refractivity contribution in [3.8, 4) is 11.4 Å². The summed E-state index contributed by atoms with van der Waals surface area (Å²) >= 11 is 0. The lowest BCUT2D eigenvalue weighted by atomic mass is 10.1. The van der Waals surface area contributed by atoms with Gasteiger partial charge in [0.2, 0.25) is 0 Å². The number of hydrogen-bond donors (Lipinski definition) is 5. The Kier molecular flexibility index (Phi) is 7.88. The van der Waals surface area contributed by atoms with E-state index >= 15 is 0 Å². The van der Waals surface area contributed by atoms with E-state index in [0.29, 0.717) is 17.9 Å². The van der Waals surface area contributed by atoms with Gasteiger partial charge in [-0.05, 0) is 20.0 Å². The SMILES string of the molecule is CNCCCNOC[C@H]1O[C@@H](n2c(-c3ccccc3)nc3c(N)ncnc32)[C@H](O)[C@@H]1OS(=O)(=O)O. The first kappa shape index (κ1) is 25.3. The third kappa shape index (κ3) is 5.74. The zero-order valence-corrected chi connectivity index (χ0v) is 19.6. The molecule has 1 fully saturated rings. The van der Waals surface area contributed by atoms with E-state index in [4.69, 9.17) is 19.5 Å². The van der Waals surface area contributed by atoms with Crippen molar-refractivity contribution in [2.45, 2.75) is 31.0 Å². The molecule has 1 aliphatic heterocycles. The maximum atomic E-state index is 11.5. The Morgan fingerprint density at radius 3 is 2.71 bits per heavy atom. The molecule has 2 aromatic heterocycles. The van der Waals surface area contributed by atoms with Gasteiger partial charge in [0.1, 0.15) is 30.5 Å². The molecule has 6 N–H and O–H groups in total. The Morgan fingerprint density at radius 2 is 2.00 bits per heavy atom. The van der Waals surface area contributed by atoms with Crippen molar-refractivity contribution in [3.63, 3.8) is 0 Å². The van der Waals surface area contributed by atoms with Crippen molar-refractivity contribution in [1.82, 2.24) is 30.3 Å². The van der Waals surface area contributed by atoms with Crippen LogP contribution in [0, 0.1) is 0 Å². The Morgan fingerprint density at radius 1 is 1.23 bits per heavy atom. The number of hydrogen-bond acceptors (Lipinski definition) is 12. The zero-order valence-electron chi connectivity index (χ0n) is 18.8. The van der Waals surface area contributed by atoms with Crippen molar-refractivity contribution in [2.24, 2.45) is 0 Å². The van der Waals surface area contributed by atoms with Crippen LogP contribution in [0.5, 0.6) is 0 Å². The number of nitrogen functional groups attached to an aromatic ring is 1. The van der Waals surface area contributed by atoms with Crippen LogP contribution in [-0.2, 0) is 24.2 Å². The zero-order chi connectivity index (χ0) is 25.0. The lowest BCUT2D eigenvalue weighted by Gasteiger charge is -2.20. The summed E-state index contributed by atoms with van der Waals surface area (Å²) < 4.78 is 44.6. The number of ether oxygens (including phenoxy) is 1. The number of nitrogens with zero attached hydrogens (tertiary/aromatic N) is 4. The van der Waals surface area contributed by atoms with E-state index in [0.717, 1.165) is 13.0 Å². The molecule has 3 heterocycles. The van der Waals surface area contributed by atoms with E-state index in [1.54, 1.807) is 24.3 Å². The molecule has 14 nitrogen and oxygen atoms in total. The molecule has 35 heavy (non-hydrogen) atoms. The second-order valence-electron chi connectivity index (χ2n) is 7.81. The third-order valence-electron chi connectivity index (χ3n) is 5.39. The van der Waals surface area contributed by atoms with Gasteiger partial charge in [-0.3, -0.25) is 14.0 Å². The largest absolute Gasteiger partial charge is 0.397 e. The molecular weight excluding hydrogens is 482 g/mol. The Labute approximate surface area is 201 Å². The van der Waals surface area contributed by atoms with E-state index < -0.39 is 34.9 Å². The smallest absolute Gasteiger partial charge is 0.385 e. The monoisotopic (exact) mass is 509 g/mol. The second kappa shape index (κ2) is 10.9. The summed E-state index contributed by atoms with van der Waals surface area (Å²) in [4.78, 5) is 18.2. The topological polar surface area (TPSA) is 196 Å². The molecule has 1 aromatic carbocycles. The van der Waals surface area contributed by atoms with Gasteiger partial charge in [-0.15, -0.1) is 0 Å². The van der Waals surface area contributed by atoms with E-state index in [1.807, 2.05) is 13.1 Å².